The number of rotatable bonds is 3. The van der Waals surface area contributed by atoms with E-state index in [4.69, 9.17) is 5.11 Å². The molecule has 28 heavy (non-hydrogen) atoms. The Labute approximate surface area is 157 Å². The molecule has 0 aliphatic carbocycles. The van der Waals surface area contributed by atoms with Crippen molar-refractivity contribution in [1.82, 2.24) is 24.9 Å². The molecule has 1 aromatic carbocycles. The van der Waals surface area contributed by atoms with Gasteiger partial charge in [-0.25, -0.2) is 18.6 Å². The van der Waals surface area contributed by atoms with Crippen molar-refractivity contribution in [2.24, 2.45) is 0 Å². The van der Waals surface area contributed by atoms with E-state index in [1.54, 1.807) is 12.1 Å². The normalized spacial score (nSPS) is 16.3. The summed E-state index contributed by atoms with van der Waals surface area (Å²) < 4.78 is 28.0. The van der Waals surface area contributed by atoms with Crippen LogP contribution in [0.3, 0.4) is 0 Å². The van der Waals surface area contributed by atoms with Crippen molar-refractivity contribution < 1.29 is 23.5 Å². The number of pyridine rings is 1. The third kappa shape index (κ3) is 3.28. The van der Waals surface area contributed by atoms with E-state index in [1.807, 2.05) is 0 Å². The van der Waals surface area contributed by atoms with Crippen molar-refractivity contribution in [2.45, 2.75) is 18.8 Å². The second-order valence-corrected chi connectivity index (χ2v) is 6.57. The molecule has 0 saturated carbocycles. The van der Waals surface area contributed by atoms with Gasteiger partial charge in [0.1, 0.15) is 5.52 Å². The molecular formula is C18H15F2N5O3. The van der Waals surface area contributed by atoms with E-state index >= 15 is 0 Å². The molecule has 3 aromatic rings. The zero-order valence-electron chi connectivity index (χ0n) is 14.5. The van der Waals surface area contributed by atoms with Gasteiger partial charge in [0.15, 0.2) is 5.65 Å². The number of carboxylic acids is 1. The van der Waals surface area contributed by atoms with Crippen molar-refractivity contribution in [3.05, 3.63) is 47.7 Å². The number of benzene rings is 1. The lowest BCUT2D eigenvalue weighted by atomic mass is 10.1. The molecule has 1 aliphatic heterocycles. The maximum Gasteiger partial charge on any atom is 0.335 e. The lowest BCUT2D eigenvalue weighted by Gasteiger charge is -2.31. The summed E-state index contributed by atoms with van der Waals surface area (Å²) in [6.45, 7) is -0.0149. The number of amides is 1. The molecule has 0 unspecified atom stereocenters. The average Bonchev–Trinajstić information content (AvgIpc) is 3.10. The number of carboxylic acid groups (broad SMARTS) is 1. The van der Waals surface area contributed by atoms with E-state index < -0.39 is 11.9 Å². The van der Waals surface area contributed by atoms with E-state index in [2.05, 4.69) is 15.3 Å². The first-order valence-corrected chi connectivity index (χ1v) is 8.56. The predicted octanol–water partition coefficient (Wildman–Crippen LogP) is 2.39. The van der Waals surface area contributed by atoms with Crippen LogP contribution in [0.2, 0.25) is 0 Å². The Bertz CT molecular complexity index is 1050. The van der Waals surface area contributed by atoms with Crippen LogP contribution in [0.1, 0.15) is 33.6 Å². The highest BCUT2D eigenvalue weighted by molar-refractivity contribution is 5.96. The number of aromatic carboxylic acids is 1. The third-order valence-electron chi connectivity index (χ3n) is 4.68. The largest absolute Gasteiger partial charge is 0.478 e. The van der Waals surface area contributed by atoms with Gasteiger partial charge < -0.3 is 10.0 Å². The fourth-order valence-electron chi connectivity index (χ4n) is 3.07. The van der Waals surface area contributed by atoms with Crippen molar-refractivity contribution in [3.63, 3.8) is 0 Å². The van der Waals surface area contributed by atoms with Gasteiger partial charge in [-0.2, -0.15) is 4.68 Å². The maximum atomic E-state index is 13.3. The second kappa shape index (κ2) is 6.63. The minimum Gasteiger partial charge on any atom is -0.478 e. The summed E-state index contributed by atoms with van der Waals surface area (Å²) in [5, 5.41) is 17.0. The number of carbonyl (C=O) groups is 2. The molecule has 1 fully saturated rings. The number of hydrogen-bond acceptors (Lipinski definition) is 5. The van der Waals surface area contributed by atoms with Crippen LogP contribution in [0.4, 0.5) is 8.78 Å². The Morgan fingerprint density at radius 3 is 2.39 bits per heavy atom. The number of piperidine rings is 1. The molecule has 1 N–H and O–H groups in total. The Balaban J connectivity index is 1.59. The summed E-state index contributed by atoms with van der Waals surface area (Å²) in [6.07, 6.45) is 0.663. The Kier molecular flexibility index (Phi) is 4.25. The number of aromatic nitrogens is 4. The van der Waals surface area contributed by atoms with Gasteiger partial charge in [0.2, 0.25) is 0 Å². The number of carbonyl (C=O) groups excluding carboxylic acids is 1. The summed E-state index contributed by atoms with van der Waals surface area (Å²) in [7, 11) is 0. The van der Waals surface area contributed by atoms with Crippen molar-refractivity contribution in [2.75, 3.05) is 13.1 Å². The number of alkyl halides is 2. The Morgan fingerprint density at radius 1 is 1.07 bits per heavy atom. The van der Waals surface area contributed by atoms with Gasteiger partial charge >= 0.3 is 5.97 Å². The molecule has 0 atom stereocenters. The molecule has 1 amide bonds. The van der Waals surface area contributed by atoms with Crippen LogP contribution < -0.4 is 0 Å². The van der Waals surface area contributed by atoms with Crippen LogP contribution >= 0.6 is 0 Å². The summed E-state index contributed by atoms with van der Waals surface area (Å²) in [5.74, 6) is -4.13. The fourth-order valence-corrected chi connectivity index (χ4v) is 3.07. The second-order valence-electron chi connectivity index (χ2n) is 6.57. The highest BCUT2D eigenvalue weighted by atomic mass is 19.3. The Morgan fingerprint density at radius 2 is 1.75 bits per heavy atom. The lowest BCUT2D eigenvalue weighted by Crippen LogP contribution is -2.42. The summed E-state index contributed by atoms with van der Waals surface area (Å²) >= 11 is 0. The molecule has 1 saturated heterocycles. The van der Waals surface area contributed by atoms with Crippen LogP contribution in [0, 0.1) is 0 Å². The van der Waals surface area contributed by atoms with Crippen LogP contribution in [0.15, 0.2) is 36.5 Å². The van der Waals surface area contributed by atoms with Crippen LogP contribution in [0.25, 0.3) is 16.9 Å². The van der Waals surface area contributed by atoms with E-state index in [0.29, 0.717) is 16.9 Å². The number of nitrogens with zero attached hydrogens (tertiary/aromatic N) is 5. The molecule has 0 spiro atoms. The molecule has 3 heterocycles. The molecule has 8 nitrogen and oxygen atoms in total. The van der Waals surface area contributed by atoms with Crippen LogP contribution in [-0.4, -0.2) is 60.9 Å². The van der Waals surface area contributed by atoms with Gasteiger partial charge in [0, 0.05) is 32.1 Å². The van der Waals surface area contributed by atoms with Gasteiger partial charge in [-0.3, -0.25) is 4.79 Å². The van der Waals surface area contributed by atoms with Crippen molar-refractivity contribution in [1.29, 1.82) is 0 Å². The van der Waals surface area contributed by atoms with Gasteiger partial charge in [0.25, 0.3) is 11.8 Å². The summed E-state index contributed by atoms with van der Waals surface area (Å²) in [4.78, 5) is 29.1. The number of likely N-dealkylation sites (tertiary alicyclic amines) is 1. The smallest absolute Gasteiger partial charge is 0.335 e. The summed E-state index contributed by atoms with van der Waals surface area (Å²) in [5.41, 5.74) is 1.73. The molecule has 144 valence electrons. The lowest BCUT2D eigenvalue weighted by molar-refractivity contribution is -0.0494. The minimum absolute atomic E-state index is 0.00745. The highest BCUT2D eigenvalue weighted by Crippen LogP contribution is 2.28. The fraction of sp³-hybridized carbons (Fsp3) is 0.278. The molecule has 0 radical (unpaired) electrons. The molecule has 4 rings (SSSR count). The zero-order chi connectivity index (χ0) is 19.9. The molecule has 1 aliphatic rings. The maximum absolute atomic E-state index is 13.3. The van der Waals surface area contributed by atoms with Gasteiger partial charge in [-0.1, -0.05) is 5.21 Å². The van der Waals surface area contributed by atoms with Gasteiger partial charge in [-0.05, 0) is 30.3 Å². The van der Waals surface area contributed by atoms with E-state index in [-0.39, 0.29) is 43.0 Å². The van der Waals surface area contributed by atoms with Crippen LogP contribution in [0.5, 0.6) is 0 Å². The predicted molar refractivity (Wildman–Crippen MR) is 93.7 cm³/mol. The average molecular weight is 387 g/mol. The van der Waals surface area contributed by atoms with E-state index in [0.717, 1.165) is 0 Å². The van der Waals surface area contributed by atoms with Crippen molar-refractivity contribution in [3.8, 4) is 5.69 Å². The first-order valence-electron chi connectivity index (χ1n) is 8.56. The monoisotopic (exact) mass is 387 g/mol. The molecular weight excluding hydrogens is 372 g/mol. The van der Waals surface area contributed by atoms with E-state index in [1.165, 1.54) is 34.0 Å². The first kappa shape index (κ1) is 18.0. The highest BCUT2D eigenvalue weighted by Gasteiger charge is 2.35. The van der Waals surface area contributed by atoms with Gasteiger partial charge in [-0.15, -0.1) is 5.10 Å². The zero-order valence-corrected chi connectivity index (χ0v) is 14.5. The standard InChI is InChI=1S/C18H15F2N5O3/c19-18(20)5-7-24(8-6-18)16(26)12-9-14-15(21-10-12)25(23-22-14)13-3-1-11(2-4-13)17(27)28/h1-4,9-10H,5-8H2,(H,27,28). The molecule has 10 heteroatoms. The quantitative estimate of drug-likeness (QED) is 0.741. The first-order chi connectivity index (χ1) is 13.3. The van der Waals surface area contributed by atoms with Crippen molar-refractivity contribution >= 4 is 23.0 Å². The topological polar surface area (TPSA) is 101 Å². The third-order valence-corrected chi connectivity index (χ3v) is 4.68. The summed E-state index contributed by atoms with van der Waals surface area (Å²) in [6, 6.07) is 7.55. The number of halogens is 2. The SMILES string of the molecule is O=C(O)c1ccc(-n2nnc3cc(C(=O)N4CCC(F)(F)CC4)cnc32)cc1. The molecule has 0 bridgehead atoms. The van der Waals surface area contributed by atoms with E-state index in [9.17, 15) is 18.4 Å². The van der Waals surface area contributed by atoms with Gasteiger partial charge in [0.05, 0.1) is 16.8 Å². The minimum atomic E-state index is -2.72. The van der Waals surface area contributed by atoms with Crippen LogP contribution in [-0.2, 0) is 0 Å². The molecule has 2 aromatic heterocycles. The number of hydrogen-bond donors (Lipinski definition) is 1. The Hall–Kier alpha value is -3.43. The number of fused-ring (bicyclic) bond motifs is 1.